The number of Topliss-reactive ketones (excluding diaryl/α,β-unsaturated/α-hetero) is 1. The molecule has 3 nitrogen and oxygen atoms in total. The van der Waals surface area contributed by atoms with Gasteiger partial charge in [-0.1, -0.05) is 13.8 Å². The second-order valence-corrected chi connectivity index (χ2v) is 5.31. The standard InChI is InChI=1S/C14H22N2O/c1-4-10(2)16-8-7-13(15-16)9-14(17)11(3)12-5-6-12/h7-8,10-12H,4-6,9H2,1-3H3. The Morgan fingerprint density at radius 3 is 2.82 bits per heavy atom. The summed E-state index contributed by atoms with van der Waals surface area (Å²) in [5, 5.41) is 4.48. The quantitative estimate of drug-likeness (QED) is 0.758. The molecule has 0 bridgehead atoms. The van der Waals surface area contributed by atoms with Crippen molar-refractivity contribution in [1.82, 2.24) is 9.78 Å². The Morgan fingerprint density at radius 2 is 2.24 bits per heavy atom. The van der Waals surface area contributed by atoms with Crippen LogP contribution in [0.25, 0.3) is 0 Å². The molecule has 2 atom stereocenters. The van der Waals surface area contributed by atoms with Gasteiger partial charge in [-0.05, 0) is 38.2 Å². The van der Waals surface area contributed by atoms with E-state index in [2.05, 4.69) is 25.9 Å². The highest BCUT2D eigenvalue weighted by Gasteiger charge is 2.32. The Labute approximate surface area is 103 Å². The molecule has 1 heterocycles. The number of rotatable bonds is 6. The van der Waals surface area contributed by atoms with E-state index in [-0.39, 0.29) is 5.92 Å². The molecule has 2 rings (SSSR count). The summed E-state index contributed by atoms with van der Waals surface area (Å²) in [4.78, 5) is 12.0. The van der Waals surface area contributed by atoms with Crippen LogP contribution in [0.1, 0.15) is 51.8 Å². The molecular weight excluding hydrogens is 212 g/mol. The fraction of sp³-hybridized carbons (Fsp3) is 0.714. The highest BCUT2D eigenvalue weighted by atomic mass is 16.1. The molecule has 94 valence electrons. The maximum atomic E-state index is 12.0. The molecule has 1 aliphatic carbocycles. The molecule has 3 heteroatoms. The molecule has 0 saturated heterocycles. The number of carbonyl (C=O) groups is 1. The SMILES string of the molecule is CCC(C)n1ccc(CC(=O)C(C)C2CC2)n1. The van der Waals surface area contributed by atoms with Crippen molar-refractivity contribution >= 4 is 5.78 Å². The number of ketones is 1. The first-order valence-electron chi connectivity index (χ1n) is 6.68. The topological polar surface area (TPSA) is 34.9 Å². The van der Waals surface area contributed by atoms with Crippen LogP contribution < -0.4 is 0 Å². The zero-order valence-electron chi connectivity index (χ0n) is 11.0. The van der Waals surface area contributed by atoms with Gasteiger partial charge in [-0.3, -0.25) is 9.48 Å². The molecule has 1 fully saturated rings. The van der Waals surface area contributed by atoms with Gasteiger partial charge in [0.1, 0.15) is 5.78 Å². The van der Waals surface area contributed by atoms with Crippen LogP contribution in [0.3, 0.4) is 0 Å². The van der Waals surface area contributed by atoms with Gasteiger partial charge in [-0.15, -0.1) is 0 Å². The van der Waals surface area contributed by atoms with Gasteiger partial charge >= 0.3 is 0 Å². The largest absolute Gasteiger partial charge is 0.299 e. The van der Waals surface area contributed by atoms with E-state index in [1.54, 1.807) is 0 Å². The van der Waals surface area contributed by atoms with Crippen LogP contribution in [0.15, 0.2) is 12.3 Å². The average Bonchev–Trinajstić information content (AvgIpc) is 3.08. The number of carbonyl (C=O) groups excluding carboxylic acids is 1. The Bertz CT molecular complexity index is 393. The predicted octanol–water partition coefficient (Wildman–Crippen LogP) is 3.01. The smallest absolute Gasteiger partial charge is 0.141 e. The third-order valence-electron chi connectivity index (χ3n) is 3.90. The summed E-state index contributed by atoms with van der Waals surface area (Å²) in [6, 6.07) is 2.39. The molecule has 1 aromatic rings. The minimum absolute atomic E-state index is 0.226. The maximum absolute atomic E-state index is 12.0. The second kappa shape index (κ2) is 5.03. The minimum Gasteiger partial charge on any atom is -0.299 e. The van der Waals surface area contributed by atoms with Crippen LogP contribution in [-0.4, -0.2) is 15.6 Å². The van der Waals surface area contributed by atoms with Crippen LogP contribution in [0, 0.1) is 11.8 Å². The lowest BCUT2D eigenvalue weighted by molar-refractivity contribution is -0.122. The van der Waals surface area contributed by atoms with Crippen LogP contribution >= 0.6 is 0 Å². The van der Waals surface area contributed by atoms with E-state index in [0.29, 0.717) is 24.2 Å². The molecule has 2 unspecified atom stereocenters. The molecule has 0 N–H and O–H groups in total. The van der Waals surface area contributed by atoms with Gasteiger partial charge in [0.2, 0.25) is 0 Å². The van der Waals surface area contributed by atoms with E-state index in [9.17, 15) is 4.79 Å². The van der Waals surface area contributed by atoms with E-state index in [1.807, 2.05) is 16.9 Å². The average molecular weight is 234 g/mol. The molecular formula is C14H22N2O. The molecule has 0 spiro atoms. The Kier molecular flexibility index (Phi) is 3.65. The molecule has 0 aliphatic heterocycles. The molecule has 1 saturated carbocycles. The van der Waals surface area contributed by atoms with Crippen molar-refractivity contribution in [3.63, 3.8) is 0 Å². The van der Waals surface area contributed by atoms with E-state index in [4.69, 9.17) is 0 Å². The number of aromatic nitrogens is 2. The zero-order chi connectivity index (χ0) is 12.4. The zero-order valence-corrected chi connectivity index (χ0v) is 11.0. The van der Waals surface area contributed by atoms with Crippen molar-refractivity contribution in [3.8, 4) is 0 Å². The lowest BCUT2D eigenvalue weighted by Gasteiger charge is -2.09. The third kappa shape index (κ3) is 2.96. The van der Waals surface area contributed by atoms with Crippen molar-refractivity contribution in [1.29, 1.82) is 0 Å². The van der Waals surface area contributed by atoms with Gasteiger partial charge in [-0.25, -0.2) is 0 Å². The van der Waals surface area contributed by atoms with Crippen molar-refractivity contribution in [2.45, 2.75) is 52.5 Å². The molecule has 0 amide bonds. The Hall–Kier alpha value is -1.12. The van der Waals surface area contributed by atoms with Crippen molar-refractivity contribution in [3.05, 3.63) is 18.0 Å². The van der Waals surface area contributed by atoms with E-state index < -0.39 is 0 Å². The fourth-order valence-corrected chi connectivity index (χ4v) is 2.10. The first-order valence-corrected chi connectivity index (χ1v) is 6.68. The summed E-state index contributed by atoms with van der Waals surface area (Å²) in [6.07, 6.45) is 6.01. The van der Waals surface area contributed by atoms with Crippen molar-refractivity contribution < 1.29 is 4.79 Å². The van der Waals surface area contributed by atoms with Gasteiger partial charge in [0.25, 0.3) is 0 Å². The highest BCUT2D eigenvalue weighted by molar-refractivity contribution is 5.83. The lowest BCUT2D eigenvalue weighted by Crippen LogP contribution is -2.16. The van der Waals surface area contributed by atoms with Gasteiger partial charge in [0.05, 0.1) is 12.1 Å². The van der Waals surface area contributed by atoms with Crippen molar-refractivity contribution in [2.75, 3.05) is 0 Å². The molecule has 0 aromatic carbocycles. The monoisotopic (exact) mass is 234 g/mol. The maximum Gasteiger partial charge on any atom is 0.141 e. The number of nitrogens with zero attached hydrogens (tertiary/aromatic N) is 2. The minimum atomic E-state index is 0.226. The third-order valence-corrected chi connectivity index (χ3v) is 3.90. The van der Waals surface area contributed by atoms with Gasteiger partial charge in [0.15, 0.2) is 0 Å². The van der Waals surface area contributed by atoms with E-state index in [1.165, 1.54) is 12.8 Å². The number of hydrogen-bond acceptors (Lipinski definition) is 2. The first kappa shape index (κ1) is 12.3. The molecule has 0 radical (unpaired) electrons. The Balaban J connectivity index is 1.94. The summed E-state index contributed by atoms with van der Waals surface area (Å²) in [6.45, 7) is 6.35. The lowest BCUT2D eigenvalue weighted by atomic mass is 9.98. The van der Waals surface area contributed by atoms with E-state index >= 15 is 0 Å². The summed E-state index contributed by atoms with van der Waals surface area (Å²) in [5.41, 5.74) is 0.919. The van der Waals surface area contributed by atoms with Gasteiger partial charge in [-0.2, -0.15) is 5.10 Å². The summed E-state index contributed by atoms with van der Waals surface area (Å²) >= 11 is 0. The van der Waals surface area contributed by atoms with Crippen LogP contribution in [0.5, 0.6) is 0 Å². The predicted molar refractivity (Wildman–Crippen MR) is 67.8 cm³/mol. The van der Waals surface area contributed by atoms with Crippen molar-refractivity contribution in [2.24, 2.45) is 11.8 Å². The van der Waals surface area contributed by atoms with Crippen LogP contribution in [0.4, 0.5) is 0 Å². The fourth-order valence-electron chi connectivity index (χ4n) is 2.10. The molecule has 17 heavy (non-hydrogen) atoms. The summed E-state index contributed by atoms with van der Waals surface area (Å²) in [5.74, 6) is 1.23. The van der Waals surface area contributed by atoms with Gasteiger partial charge in [0, 0.05) is 18.2 Å². The second-order valence-electron chi connectivity index (χ2n) is 5.31. The Morgan fingerprint density at radius 1 is 1.53 bits per heavy atom. The molecule has 1 aliphatic rings. The van der Waals surface area contributed by atoms with Crippen LogP contribution in [0.2, 0.25) is 0 Å². The van der Waals surface area contributed by atoms with E-state index in [0.717, 1.165) is 12.1 Å². The highest BCUT2D eigenvalue weighted by Crippen LogP contribution is 2.37. The van der Waals surface area contributed by atoms with Gasteiger partial charge < -0.3 is 0 Å². The normalized spacial score (nSPS) is 19.0. The first-order chi connectivity index (χ1) is 8.11. The van der Waals surface area contributed by atoms with Crippen LogP contribution in [-0.2, 0) is 11.2 Å². The molecule has 1 aromatic heterocycles. The number of hydrogen-bond donors (Lipinski definition) is 0. The summed E-state index contributed by atoms with van der Waals surface area (Å²) < 4.78 is 1.96. The summed E-state index contributed by atoms with van der Waals surface area (Å²) in [7, 11) is 0.